The number of hydrogen-bond acceptors (Lipinski definition) is 1. The van der Waals surface area contributed by atoms with Crippen LogP contribution in [-0.2, 0) is 4.74 Å². The van der Waals surface area contributed by atoms with Gasteiger partial charge in [-0.05, 0) is 62.7 Å². The molecule has 0 spiro atoms. The van der Waals surface area contributed by atoms with Gasteiger partial charge in [0, 0.05) is 0 Å². The Balaban J connectivity index is 1.75. The van der Waals surface area contributed by atoms with Crippen LogP contribution >= 0.6 is 0 Å². The molecule has 0 amide bonds. The van der Waals surface area contributed by atoms with Gasteiger partial charge in [-0.2, -0.15) is 0 Å². The molecule has 3 aliphatic rings. The lowest BCUT2D eigenvalue weighted by Gasteiger charge is -2.39. The minimum Gasteiger partial charge on any atom is -0.374 e. The summed E-state index contributed by atoms with van der Waals surface area (Å²) in [4.78, 5) is 0. The van der Waals surface area contributed by atoms with Gasteiger partial charge in [0.1, 0.15) is 0 Å². The fraction of sp³-hybridized carbons (Fsp3) is 0.867. The second-order valence-electron chi connectivity index (χ2n) is 6.41. The van der Waals surface area contributed by atoms with Gasteiger partial charge in [0.05, 0.1) is 12.2 Å². The predicted octanol–water partition coefficient (Wildman–Crippen LogP) is 3.79. The first-order valence-corrected chi connectivity index (χ1v) is 6.97. The highest BCUT2D eigenvalue weighted by molar-refractivity contribution is 5.06. The maximum absolute atomic E-state index is 6.20. The van der Waals surface area contributed by atoms with E-state index in [1.54, 1.807) is 0 Å². The molecule has 2 saturated carbocycles. The van der Waals surface area contributed by atoms with E-state index >= 15 is 0 Å². The van der Waals surface area contributed by atoms with Gasteiger partial charge >= 0.3 is 0 Å². The Hall–Kier alpha value is -0.300. The normalized spacial score (nSPS) is 52.2. The quantitative estimate of drug-likeness (QED) is 0.611. The minimum atomic E-state index is 0.401. The van der Waals surface area contributed by atoms with Crippen molar-refractivity contribution in [1.29, 1.82) is 0 Å². The summed E-state index contributed by atoms with van der Waals surface area (Å²) in [6, 6.07) is 0. The Bertz CT molecular complexity index is 294. The monoisotopic (exact) mass is 220 g/mol. The Morgan fingerprint density at radius 2 is 1.88 bits per heavy atom. The smallest absolute Gasteiger partial charge is 0.0649 e. The summed E-state index contributed by atoms with van der Waals surface area (Å²) < 4.78 is 6.20. The van der Waals surface area contributed by atoms with Gasteiger partial charge in [-0.25, -0.2) is 0 Å². The summed E-state index contributed by atoms with van der Waals surface area (Å²) in [5.74, 6) is 3.69. The van der Waals surface area contributed by atoms with Crippen LogP contribution in [0.1, 0.15) is 46.0 Å². The average molecular weight is 220 g/mol. The first-order chi connectivity index (χ1) is 7.65. The molecule has 1 nitrogen and oxygen atoms in total. The maximum Gasteiger partial charge on any atom is 0.0649 e. The summed E-state index contributed by atoms with van der Waals surface area (Å²) in [5, 5.41) is 0. The molecule has 16 heavy (non-hydrogen) atoms. The SMILES string of the molecule is C=C1CC(C)OC(C2C3CCC(C3)C2C)C1. The van der Waals surface area contributed by atoms with E-state index in [1.165, 1.54) is 24.8 Å². The van der Waals surface area contributed by atoms with Crippen molar-refractivity contribution in [2.75, 3.05) is 0 Å². The lowest BCUT2D eigenvalue weighted by molar-refractivity contribution is -0.0752. The zero-order chi connectivity index (χ0) is 11.3. The van der Waals surface area contributed by atoms with Crippen LogP contribution in [-0.4, -0.2) is 12.2 Å². The van der Waals surface area contributed by atoms with Crippen molar-refractivity contribution in [3.8, 4) is 0 Å². The van der Waals surface area contributed by atoms with E-state index in [1.807, 2.05) is 0 Å². The van der Waals surface area contributed by atoms with Gasteiger partial charge in [-0.1, -0.05) is 19.1 Å². The van der Waals surface area contributed by atoms with Gasteiger partial charge in [-0.15, -0.1) is 0 Å². The summed E-state index contributed by atoms with van der Waals surface area (Å²) in [6.07, 6.45) is 7.51. The van der Waals surface area contributed by atoms with E-state index in [-0.39, 0.29) is 0 Å². The summed E-state index contributed by atoms with van der Waals surface area (Å²) in [6.45, 7) is 8.86. The molecule has 0 aromatic rings. The summed E-state index contributed by atoms with van der Waals surface area (Å²) >= 11 is 0. The van der Waals surface area contributed by atoms with Crippen molar-refractivity contribution in [3.63, 3.8) is 0 Å². The third-order valence-corrected chi connectivity index (χ3v) is 5.31. The van der Waals surface area contributed by atoms with Crippen molar-refractivity contribution in [3.05, 3.63) is 12.2 Å². The molecule has 1 heteroatoms. The molecule has 2 aliphatic carbocycles. The molecule has 1 aliphatic heterocycles. The zero-order valence-electron chi connectivity index (χ0n) is 10.6. The summed E-state index contributed by atoms with van der Waals surface area (Å²) in [5.41, 5.74) is 1.42. The third-order valence-electron chi connectivity index (χ3n) is 5.31. The van der Waals surface area contributed by atoms with Crippen LogP contribution in [0.15, 0.2) is 12.2 Å². The highest BCUT2D eigenvalue weighted by Crippen LogP contribution is 2.55. The maximum atomic E-state index is 6.20. The zero-order valence-corrected chi connectivity index (χ0v) is 10.6. The molecule has 3 rings (SSSR count). The van der Waals surface area contributed by atoms with E-state index in [9.17, 15) is 0 Å². The van der Waals surface area contributed by atoms with Crippen LogP contribution < -0.4 is 0 Å². The summed E-state index contributed by atoms with van der Waals surface area (Å²) in [7, 11) is 0. The first-order valence-electron chi connectivity index (χ1n) is 6.97. The van der Waals surface area contributed by atoms with E-state index in [0.717, 1.165) is 36.5 Å². The number of fused-ring (bicyclic) bond motifs is 2. The highest BCUT2D eigenvalue weighted by atomic mass is 16.5. The fourth-order valence-corrected chi connectivity index (χ4v) is 4.66. The van der Waals surface area contributed by atoms with Gasteiger partial charge < -0.3 is 4.74 Å². The molecule has 0 N–H and O–H groups in total. The van der Waals surface area contributed by atoms with Crippen molar-refractivity contribution in [1.82, 2.24) is 0 Å². The van der Waals surface area contributed by atoms with Crippen LogP contribution in [0, 0.1) is 23.7 Å². The van der Waals surface area contributed by atoms with Crippen molar-refractivity contribution >= 4 is 0 Å². The van der Waals surface area contributed by atoms with Gasteiger partial charge in [-0.3, -0.25) is 0 Å². The van der Waals surface area contributed by atoms with Crippen molar-refractivity contribution in [2.45, 2.75) is 58.2 Å². The molecule has 90 valence electrons. The second-order valence-corrected chi connectivity index (χ2v) is 6.41. The Kier molecular flexibility index (Phi) is 2.62. The molecule has 2 bridgehead atoms. The van der Waals surface area contributed by atoms with E-state index in [4.69, 9.17) is 4.74 Å². The van der Waals surface area contributed by atoms with E-state index in [2.05, 4.69) is 20.4 Å². The standard InChI is InChI=1S/C15H24O/c1-9-6-10(2)16-14(7-9)15-11(3)12-4-5-13(15)8-12/h10-15H,1,4-8H2,2-3H3. The van der Waals surface area contributed by atoms with Crippen molar-refractivity contribution < 1.29 is 4.74 Å². The van der Waals surface area contributed by atoms with Gasteiger partial charge in [0.15, 0.2) is 0 Å². The van der Waals surface area contributed by atoms with Crippen LogP contribution in [0.2, 0.25) is 0 Å². The molecular weight excluding hydrogens is 196 g/mol. The number of ether oxygens (including phenoxy) is 1. The largest absolute Gasteiger partial charge is 0.374 e. The molecule has 0 radical (unpaired) electrons. The molecule has 6 atom stereocenters. The van der Waals surface area contributed by atoms with Crippen LogP contribution in [0.3, 0.4) is 0 Å². The molecule has 1 heterocycles. The lowest BCUT2D eigenvalue weighted by atomic mass is 9.75. The van der Waals surface area contributed by atoms with Gasteiger partial charge in [0.25, 0.3) is 0 Å². The second kappa shape index (κ2) is 3.87. The topological polar surface area (TPSA) is 9.23 Å². The van der Waals surface area contributed by atoms with E-state index in [0.29, 0.717) is 12.2 Å². The van der Waals surface area contributed by atoms with Gasteiger partial charge in [0.2, 0.25) is 0 Å². The molecule has 1 saturated heterocycles. The number of rotatable bonds is 1. The molecule has 0 aromatic carbocycles. The lowest BCUT2D eigenvalue weighted by Crippen LogP contribution is -2.38. The van der Waals surface area contributed by atoms with Crippen LogP contribution in [0.25, 0.3) is 0 Å². The first kappa shape index (κ1) is 10.8. The Morgan fingerprint density at radius 3 is 2.50 bits per heavy atom. The molecule has 0 aromatic heterocycles. The average Bonchev–Trinajstić information content (AvgIpc) is 2.75. The van der Waals surface area contributed by atoms with Crippen LogP contribution in [0.5, 0.6) is 0 Å². The van der Waals surface area contributed by atoms with Crippen LogP contribution in [0.4, 0.5) is 0 Å². The predicted molar refractivity (Wildman–Crippen MR) is 66.2 cm³/mol. The third kappa shape index (κ3) is 1.64. The van der Waals surface area contributed by atoms with E-state index < -0.39 is 0 Å². The minimum absolute atomic E-state index is 0.401. The molecule has 6 unspecified atom stereocenters. The number of hydrogen-bond donors (Lipinski definition) is 0. The molecule has 3 fully saturated rings. The highest BCUT2D eigenvalue weighted by Gasteiger charge is 2.49. The molecular formula is C15H24O. The fourth-order valence-electron chi connectivity index (χ4n) is 4.66. The Labute approximate surface area is 99.3 Å². The van der Waals surface area contributed by atoms with Crippen molar-refractivity contribution in [2.24, 2.45) is 23.7 Å². The Morgan fingerprint density at radius 1 is 1.12 bits per heavy atom.